The van der Waals surface area contributed by atoms with Crippen LogP contribution in [0.3, 0.4) is 0 Å². The molecule has 0 atom stereocenters. The minimum atomic E-state index is 0.0544. The summed E-state index contributed by atoms with van der Waals surface area (Å²) in [6, 6.07) is 7.54. The Kier molecular flexibility index (Phi) is 4.42. The van der Waals surface area contributed by atoms with Crippen LogP contribution in [0, 0.1) is 0 Å². The normalized spacial score (nSPS) is 11.0. The zero-order valence-electron chi connectivity index (χ0n) is 10.8. The monoisotopic (exact) mass is 262 g/mol. The molecule has 0 saturated heterocycles. The third-order valence-electron chi connectivity index (χ3n) is 2.97. The zero-order valence-corrected chi connectivity index (χ0v) is 11.7. The van der Waals surface area contributed by atoms with Crippen molar-refractivity contribution in [1.29, 1.82) is 0 Å². The van der Waals surface area contributed by atoms with Gasteiger partial charge in [0, 0.05) is 13.5 Å². The van der Waals surface area contributed by atoms with Crippen LogP contribution in [-0.2, 0) is 13.5 Å². The highest BCUT2D eigenvalue weighted by molar-refractivity contribution is 7.99. The van der Waals surface area contributed by atoms with Gasteiger partial charge in [-0.1, -0.05) is 19.1 Å². The van der Waals surface area contributed by atoms with Crippen molar-refractivity contribution >= 4 is 22.7 Å². The van der Waals surface area contributed by atoms with Crippen molar-refractivity contribution in [3.8, 4) is 0 Å². The second-order valence-electron chi connectivity index (χ2n) is 4.21. The first-order valence-electron chi connectivity index (χ1n) is 6.26. The van der Waals surface area contributed by atoms with Gasteiger partial charge < -0.3 is 0 Å². The molecular formula is C14H18N2OS. The van der Waals surface area contributed by atoms with Crippen LogP contribution in [0.25, 0.3) is 10.9 Å². The van der Waals surface area contributed by atoms with Gasteiger partial charge in [0.1, 0.15) is 5.82 Å². The molecule has 0 unspecified atom stereocenters. The van der Waals surface area contributed by atoms with E-state index in [1.165, 1.54) is 0 Å². The molecule has 2 aromatic rings. The van der Waals surface area contributed by atoms with Gasteiger partial charge in [0.2, 0.25) is 0 Å². The fraction of sp³-hybridized carbons (Fsp3) is 0.429. The van der Waals surface area contributed by atoms with Crippen molar-refractivity contribution in [3.63, 3.8) is 0 Å². The van der Waals surface area contributed by atoms with Gasteiger partial charge in [-0.15, -0.1) is 0 Å². The highest BCUT2D eigenvalue weighted by Gasteiger charge is 2.07. The summed E-state index contributed by atoms with van der Waals surface area (Å²) in [6.07, 6.45) is 1.93. The smallest absolute Gasteiger partial charge is 0.261 e. The van der Waals surface area contributed by atoms with E-state index in [-0.39, 0.29) is 5.56 Å². The van der Waals surface area contributed by atoms with Gasteiger partial charge in [0.05, 0.1) is 10.9 Å². The van der Waals surface area contributed by atoms with E-state index < -0.39 is 0 Å². The summed E-state index contributed by atoms with van der Waals surface area (Å²) in [5.41, 5.74) is 0.859. The van der Waals surface area contributed by atoms with Crippen LogP contribution in [-0.4, -0.2) is 21.1 Å². The molecule has 0 aliphatic carbocycles. The number of thioether (sulfide) groups is 1. The number of rotatable bonds is 5. The summed E-state index contributed by atoms with van der Waals surface area (Å²) < 4.78 is 1.68. The van der Waals surface area contributed by atoms with E-state index in [4.69, 9.17) is 0 Å². The lowest BCUT2D eigenvalue weighted by Gasteiger charge is -2.08. The van der Waals surface area contributed by atoms with Crippen molar-refractivity contribution in [2.45, 2.75) is 19.8 Å². The molecule has 0 N–H and O–H groups in total. The Labute approximate surface area is 111 Å². The van der Waals surface area contributed by atoms with Crippen molar-refractivity contribution in [3.05, 3.63) is 40.4 Å². The van der Waals surface area contributed by atoms with Gasteiger partial charge in [0.15, 0.2) is 0 Å². The molecule has 0 amide bonds. The van der Waals surface area contributed by atoms with Gasteiger partial charge in [0.25, 0.3) is 5.56 Å². The molecule has 18 heavy (non-hydrogen) atoms. The summed E-state index contributed by atoms with van der Waals surface area (Å²) in [5.74, 6) is 3.15. The largest absolute Gasteiger partial charge is 0.299 e. The van der Waals surface area contributed by atoms with Crippen LogP contribution in [0.1, 0.15) is 19.2 Å². The van der Waals surface area contributed by atoms with E-state index >= 15 is 0 Å². The topological polar surface area (TPSA) is 34.9 Å². The maximum atomic E-state index is 12.2. The Balaban J connectivity index is 2.28. The van der Waals surface area contributed by atoms with E-state index in [1.54, 1.807) is 4.57 Å². The SMILES string of the molecule is CCSCCCc1nc2ccccc2c(=O)n1C. The Bertz CT molecular complexity index is 592. The van der Waals surface area contributed by atoms with E-state index in [2.05, 4.69) is 11.9 Å². The van der Waals surface area contributed by atoms with Crippen molar-refractivity contribution in [2.75, 3.05) is 11.5 Å². The Morgan fingerprint density at radius 1 is 1.33 bits per heavy atom. The van der Waals surface area contributed by atoms with Crippen LogP contribution in [0.4, 0.5) is 0 Å². The molecule has 0 radical (unpaired) electrons. The second kappa shape index (κ2) is 6.05. The van der Waals surface area contributed by atoms with Crippen LogP contribution in [0.15, 0.2) is 29.1 Å². The standard InChI is InChI=1S/C14H18N2OS/c1-3-18-10-6-9-13-15-12-8-5-4-7-11(12)14(17)16(13)2/h4-5,7-8H,3,6,9-10H2,1-2H3. The summed E-state index contributed by atoms with van der Waals surface area (Å²) >= 11 is 1.93. The molecule has 4 heteroatoms. The van der Waals surface area contributed by atoms with Crippen LogP contribution in [0.2, 0.25) is 0 Å². The highest BCUT2D eigenvalue weighted by Crippen LogP contribution is 2.09. The number of fused-ring (bicyclic) bond motifs is 1. The van der Waals surface area contributed by atoms with Crippen molar-refractivity contribution in [2.24, 2.45) is 7.05 Å². The first kappa shape index (κ1) is 13.1. The first-order valence-corrected chi connectivity index (χ1v) is 7.42. The fourth-order valence-corrected chi connectivity index (χ4v) is 2.60. The predicted molar refractivity (Wildman–Crippen MR) is 78.3 cm³/mol. The summed E-state index contributed by atoms with van der Waals surface area (Å²) in [4.78, 5) is 16.7. The molecule has 0 saturated carbocycles. The average Bonchev–Trinajstić information content (AvgIpc) is 2.40. The van der Waals surface area contributed by atoms with Crippen molar-refractivity contribution < 1.29 is 0 Å². The molecule has 0 aliphatic heterocycles. The third kappa shape index (κ3) is 2.75. The summed E-state index contributed by atoms with van der Waals surface area (Å²) in [7, 11) is 1.81. The molecule has 3 nitrogen and oxygen atoms in total. The molecule has 1 aromatic carbocycles. The maximum Gasteiger partial charge on any atom is 0.261 e. The van der Waals surface area contributed by atoms with Gasteiger partial charge in [-0.3, -0.25) is 9.36 Å². The molecule has 2 rings (SSSR count). The molecule has 96 valence electrons. The number of benzene rings is 1. The number of hydrogen-bond donors (Lipinski definition) is 0. The molecule has 1 heterocycles. The minimum absolute atomic E-state index is 0.0544. The van der Waals surface area contributed by atoms with E-state index in [0.29, 0.717) is 5.39 Å². The first-order chi connectivity index (χ1) is 8.74. The Morgan fingerprint density at radius 3 is 2.89 bits per heavy atom. The number of hydrogen-bond acceptors (Lipinski definition) is 3. The minimum Gasteiger partial charge on any atom is -0.299 e. The molecule has 0 bridgehead atoms. The lowest BCUT2D eigenvalue weighted by molar-refractivity contribution is 0.720. The van der Waals surface area contributed by atoms with Crippen LogP contribution in [0.5, 0.6) is 0 Å². The number of aromatic nitrogens is 2. The quantitative estimate of drug-likeness (QED) is 0.777. The van der Waals surface area contributed by atoms with Gasteiger partial charge in [-0.05, 0) is 30.1 Å². The third-order valence-corrected chi connectivity index (χ3v) is 3.95. The Hall–Kier alpha value is -1.29. The second-order valence-corrected chi connectivity index (χ2v) is 5.60. The van der Waals surface area contributed by atoms with Crippen molar-refractivity contribution in [1.82, 2.24) is 9.55 Å². The van der Waals surface area contributed by atoms with Crippen LogP contribution < -0.4 is 5.56 Å². The lowest BCUT2D eigenvalue weighted by atomic mass is 10.2. The summed E-state index contributed by atoms with van der Waals surface area (Å²) in [5, 5.41) is 0.701. The van der Waals surface area contributed by atoms with E-state index in [1.807, 2.05) is 43.1 Å². The van der Waals surface area contributed by atoms with Gasteiger partial charge in [-0.25, -0.2) is 4.98 Å². The van der Waals surface area contributed by atoms with Gasteiger partial charge >= 0.3 is 0 Å². The zero-order chi connectivity index (χ0) is 13.0. The molecule has 0 aliphatic rings. The van der Waals surface area contributed by atoms with E-state index in [0.717, 1.165) is 35.7 Å². The number of aryl methyl sites for hydroxylation is 1. The Morgan fingerprint density at radius 2 is 2.11 bits per heavy atom. The fourth-order valence-electron chi connectivity index (χ4n) is 1.96. The molecular weight excluding hydrogens is 244 g/mol. The molecule has 0 fully saturated rings. The molecule has 0 spiro atoms. The predicted octanol–water partition coefficient (Wildman–Crippen LogP) is 2.62. The van der Waals surface area contributed by atoms with Gasteiger partial charge in [-0.2, -0.15) is 11.8 Å². The molecule has 1 aromatic heterocycles. The lowest BCUT2D eigenvalue weighted by Crippen LogP contribution is -2.22. The summed E-state index contributed by atoms with van der Waals surface area (Å²) in [6.45, 7) is 2.16. The maximum absolute atomic E-state index is 12.2. The number of nitrogens with zero attached hydrogens (tertiary/aromatic N) is 2. The van der Waals surface area contributed by atoms with Crippen LogP contribution >= 0.6 is 11.8 Å². The number of para-hydroxylation sites is 1. The highest BCUT2D eigenvalue weighted by atomic mass is 32.2. The van der Waals surface area contributed by atoms with E-state index in [9.17, 15) is 4.79 Å². The average molecular weight is 262 g/mol.